The van der Waals surface area contributed by atoms with Gasteiger partial charge >= 0.3 is 0 Å². The number of benzene rings is 1. The van der Waals surface area contributed by atoms with Gasteiger partial charge in [0.15, 0.2) is 0 Å². The Bertz CT molecular complexity index is 496. The Morgan fingerprint density at radius 2 is 1.32 bits per heavy atom. The Balaban J connectivity index is 2.95. The van der Waals surface area contributed by atoms with Crippen molar-refractivity contribution in [3.63, 3.8) is 0 Å². The zero-order valence-electron chi connectivity index (χ0n) is 15.3. The van der Waals surface area contributed by atoms with E-state index in [2.05, 4.69) is 17.6 Å². The van der Waals surface area contributed by atoms with Gasteiger partial charge < -0.3 is 25.5 Å². The molecule has 0 aliphatic carbocycles. The number of aliphatic hydroxyl groups is 4. The normalized spacial score (nSPS) is 12.6. The molecule has 0 spiro atoms. The van der Waals surface area contributed by atoms with Crippen molar-refractivity contribution in [2.45, 2.75) is 77.8 Å². The first-order valence-electron chi connectivity index (χ1n) is 8.75. The molecule has 0 bridgehead atoms. The van der Waals surface area contributed by atoms with Crippen molar-refractivity contribution in [3.8, 4) is 5.75 Å². The van der Waals surface area contributed by atoms with Crippen molar-refractivity contribution >= 4 is 0 Å². The topological polar surface area (TPSA) is 125 Å². The van der Waals surface area contributed by atoms with Crippen LogP contribution in [-0.2, 0) is 19.5 Å². The van der Waals surface area contributed by atoms with Crippen LogP contribution in [0.5, 0.6) is 5.75 Å². The van der Waals surface area contributed by atoms with Gasteiger partial charge in [-0.05, 0) is 18.4 Å². The predicted octanol–water partition coefficient (Wildman–Crippen LogP) is 1.01. The van der Waals surface area contributed by atoms with Crippen molar-refractivity contribution in [2.75, 3.05) is 0 Å². The molecule has 0 aliphatic heterocycles. The smallest absolute Gasteiger partial charge is 0.219 e. The van der Waals surface area contributed by atoms with Gasteiger partial charge in [0.25, 0.3) is 0 Å². The summed E-state index contributed by atoms with van der Waals surface area (Å²) < 4.78 is 0. The van der Waals surface area contributed by atoms with Gasteiger partial charge in [-0.1, -0.05) is 38.3 Å². The van der Waals surface area contributed by atoms with E-state index in [1.54, 1.807) is 0 Å². The molecule has 0 atom stereocenters. The fourth-order valence-electron chi connectivity index (χ4n) is 2.53. The summed E-state index contributed by atoms with van der Waals surface area (Å²) in [5, 5.41) is 53.1. The van der Waals surface area contributed by atoms with Gasteiger partial charge in [-0.3, -0.25) is 10.6 Å². The van der Waals surface area contributed by atoms with E-state index >= 15 is 0 Å². The number of rotatable bonds is 11. The SMILES string of the molecule is CCCCCCc1cc(CNC(C)(O)O)c(O)c(CNC(C)(O)O)c1. The van der Waals surface area contributed by atoms with Gasteiger partial charge in [-0.25, -0.2) is 0 Å². The van der Waals surface area contributed by atoms with Crippen molar-refractivity contribution < 1.29 is 25.5 Å². The second-order valence-electron chi connectivity index (χ2n) is 6.82. The van der Waals surface area contributed by atoms with Crippen LogP contribution in [0.3, 0.4) is 0 Å². The maximum absolute atomic E-state index is 10.4. The molecule has 0 aliphatic rings. The second kappa shape index (κ2) is 9.47. The molecule has 1 aromatic rings. The number of unbranched alkanes of at least 4 members (excludes halogenated alkanes) is 3. The minimum absolute atomic E-state index is 0.00851. The fourth-order valence-corrected chi connectivity index (χ4v) is 2.53. The van der Waals surface area contributed by atoms with E-state index < -0.39 is 11.8 Å². The van der Waals surface area contributed by atoms with Crippen molar-refractivity contribution in [1.29, 1.82) is 0 Å². The molecule has 0 fully saturated rings. The van der Waals surface area contributed by atoms with Crippen LogP contribution >= 0.6 is 0 Å². The highest BCUT2D eigenvalue weighted by Crippen LogP contribution is 2.26. The zero-order chi connectivity index (χ0) is 19.1. The van der Waals surface area contributed by atoms with Gasteiger partial charge in [-0.15, -0.1) is 0 Å². The van der Waals surface area contributed by atoms with E-state index in [4.69, 9.17) is 0 Å². The van der Waals surface area contributed by atoms with Gasteiger partial charge in [0.2, 0.25) is 11.8 Å². The van der Waals surface area contributed by atoms with E-state index in [-0.39, 0.29) is 18.8 Å². The number of aryl methyl sites for hydroxylation is 1. The van der Waals surface area contributed by atoms with Gasteiger partial charge in [-0.2, -0.15) is 0 Å². The number of hydrogen-bond donors (Lipinski definition) is 7. The summed E-state index contributed by atoms with van der Waals surface area (Å²) in [6, 6.07) is 3.67. The molecular formula is C18H32N2O5. The van der Waals surface area contributed by atoms with Crippen LogP contribution in [0.4, 0.5) is 0 Å². The zero-order valence-corrected chi connectivity index (χ0v) is 15.3. The van der Waals surface area contributed by atoms with Crippen LogP contribution in [0.2, 0.25) is 0 Å². The Hall–Kier alpha value is -1.22. The second-order valence-corrected chi connectivity index (χ2v) is 6.82. The monoisotopic (exact) mass is 356 g/mol. The van der Waals surface area contributed by atoms with E-state index in [1.807, 2.05) is 12.1 Å². The highest BCUT2D eigenvalue weighted by atomic mass is 16.5. The molecule has 0 unspecified atom stereocenters. The Morgan fingerprint density at radius 1 is 0.840 bits per heavy atom. The lowest BCUT2D eigenvalue weighted by molar-refractivity contribution is -0.171. The summed E-state index contributed by atoms with van der Waals surface area (Å²) >= 11 is 0. The lowest BCUT2D eigenvalue weighted by Gasteiger charge is -2.21. The Labute approximate surface area is 149 Å². The third-order valence-electron chi connectivity index (χ3n) is 3.87. The van der Waals surface area contributed by atoms with Gasteiger partial charge in [0, 0.05) is 38.1 Å². The standard InChI is InChI=1S/C18H32N2O5/c1-4-5-6-7-8-13-9-14(11-19-17(2,22)23)16(21)15(10-13)12-20-18(3,24)25/h9-10,19-25H,4-8,11-12H2,1-3H3. The molecule has 25 heavy (non-hydrogen) atoms. The number of hydrogen-bond acceptors (Lipinski definition) is 7. The molecule has 1 rings (SSSR count). The maximum atomic E-state index is 10.4. The van der Waals surface area contributed by atoms with Crippen LogP contribution < -0.4 is 10.6 Å². The molecule has 7 nitrogen and oxygen atoms in total. The summed E-state index contributed by atoms with van der Waals surface area (Å²) in [5.74, 6) is -4.10. The molecule has 0 amide bonds. The molecule has 0 heterocycles. The highest BCUT2D eigenvalue weighted by Gasteiger charge is 2.19. The predicted molar refractivity (Wildman–Crippen MR) is 95.3 cm³/mol. The molecule has 0 radical (unpaired) electrons. The van der Waals surface area contributed by atoms with Crippen LogP contribution in [-0.4, -0.2) is 37.4 Å². The molecule has 0 aromatic heterocycles. The molecule has 7 heteroatoms. The summed E-state index contributed by atoms with van der Waals surface area (Å²) in [5.41, 5.74) is 2.06. The van der Waals surface area contributed by atoms with E-state index in [0.717, 1.165) is 31.2 Å². The number of aromatic hydroxyl groups is 1. The molecule has 7 N–H and O–H groups in total. The summed E-state index contributed by atoms with van der Waals surface area (Å²) in [7, 11) is 0. The van der Waals surface area contributed by atoms with Crippen LogP contribution in [0, 0.1) is 0 Å². The maximum Gasteiger partial charge on any atom is 0.219 e. The highest BCUT2D eigenvalue weighted by molar-refractivity contribution is 5.44. The molecule has 144 valence electrons. The minimum atomic E-state index is -2.04. The van der Waals surface area contributed by atoms with Crippen molar-refractivity contribution in [1.82, 2.24) is 10.6 Å². The van der Waals surface area contributed by atoms with E-state index in [1.165, 1.54) is 20.3 Å². The quantitative estimate of drug-likeness (QED) is 0.233. The summed E-state index contributed by atoms with van der Waals surface area (Å²) in [4.78, 5) is 0. The van der Waals surface area contributed by atoms with E-state index in [9.17, 15) is 25.5 Å². The third kappa shape index (κ3) is 9.15. The molecule has 0 saturated carbocycles. The lowest BCUT2D eigenvalue weighted by Crippen LogP contribution is -2.41. The van der Waals surface area contributed by atoms with Gasteiger partial charge in [0.05, 0.1) is 0 Å². The largest absolute Gasteiger partial charge is 0.507 e. The average Bonchev–Trinajstić information content (AvgIpc) is 2.48. The first-order valence-corrected chi connectivity index (χ1v) is 8.75. The first kappa shape index (κ1) is 21.8. The fraction of sp³-hybridized carbons (Fsp3) is 0.667. The van der Waals surface area contributed by atoms with Crippen LogP contribution in [0.15, 0.2) is 12.1 Å². The number of phenolic OH excluding ortho intramolecular Hbond substituents is 1. The molecule has 1 aromatic carbocycles. The Morgan fingerprint density at radius 3 is 1.72 bits per heavy atom. The first-order chi connectivity index (χ1) is 11.5. The number of nitrogens with one attached hydrogen (secondary N) is 2. The average molecular weight is 356 g/mol. The Kier molecular flexibility index (Phi) is 8.27. The van der Waals surface area contributed by atoms with Gasteiger partial charge in [0.1, 0.15) is 5.75 Å². The molecular weight excluding hydrogens is 324 g/mol. The van der Waals surface area contributed by atoms with Crippen molar-refractivity contribution in [2.24, 2.45) is 0 Å². The molecule has 0 saturated heterocycles. The van der Waals surface area contributed by atoms with Crippen LogP contribution in [0.25, 0.3) is 0 Å². The minimum Gasteiger partial charge on any atom is -0.507 e. The van der Waals surface area contributed by atoms with Crippen LogP contribution in [0.1, 0.15) is 63.1 Å². The van der Waals surface area contributed by atoms with Crippen molar-refractivity contribution in [3.05, 3.63) is 28.8 Å². The van der Waals surface area contributed by atoms with E-state index in [0.29, 0.717) is 11.1 Å². The lowest BCUT2D eigenvalue weighted by atomic mass is 9.99. The number of phenols is 1. The third-order valence-corrected chi connectivity index (χ3v) is 3.87. The summed E-state index contributed by atoms with van der Waals surface area (Å²) in [6.07, 6.45) is 5.30. The summed E-state index contributed by atoms with van der Waals surface area (Å²) in [6.45, 7) is 4.69.